The van der Waals surface area contributed by atoms with Crippen LogP contribution in [0, 0.1) is 23.7 Å². The molecule has 1 rings (SSSR count). The minimum atomic E-state index is 0.501. The van der Waals surface area contributed by atoms with Gasteiger partial charge in [0.2, 0.25) is 0 Å². The number of nitrogens with one attached hydrogen (secondary N) is 1. The van der Waals surface area contributed by atoms with Gasteiger partial charge in [-0.05, 0) is 18.2 Å². The lowest BCUT2D eigenvalue weighted by atomic mass is 10.2. The number of rotatable bonds is 5. The molecule has 82 valence electrons. The molecule has 3 nitrogen and oxygen atoms in total. The van der Waals surface area contributed by atoms with Crippen LogP contribution in [0.4, 0.5) is 11.4 Å². The summed E-state index contributed by atoms with van der Waals surface area (Å²) in [6, 6.07) is 7.40. The predicted molar refractivity (Wildman–Crippen MR) is 70.2 cm³/mol. The molecule has 0 aliphatic heterocycles. The number of nitrogens with two attached hydrogens (primary N) is 1. The van der Waals surface area contributed by atoms with Crippen molar-refractivity contribution >= 4 is 23.1 Å². The molecule has 4 heteroatoms. The molecule has 1 aromatic carbocycles. The van der Waals surface area contributed by atoms with E-state index in [4.69, 9.17) is 17.4 Å². The summed E-state index contributed by atoms with van der Waals surface area (Å²) in [5.74, 6) is 4.24. The van der Waals surface area contributed by atoms with Gasteiger partial charge in [0.25, 0.3) is 0 Å². The number of nitriles is 1. The third-order valence-electron chi connectivity index (χ3n) is 1.93. The Hall–Kier alpha value is -1.78. The predicted octanol–water partition coefficient (Wildman–Crippen LogP) is 1.92. The molecule has 0 aromatic heterocycles. The normalized spacial score (nSPS) is 9.12. The highest BCUT2D eigenvalue weighted by molar-refractivity contribution is 7.99. The van der Waals surface area contributed by atoms with Crippen molar-refractivity contribution in [3.05, 3.63) is 23.8 Å². The summed E-state index contributed by atoms with van der Waals surface area (Å²) >= 11 is 1.70. The average molecular weight is 231 g/mol. The first-order valence-corrected chi connectivity index (χ1v) is 5.98. The molecule has 1 aromatic rings. The van der Waals surface area contributed by atoms with Crippen molar-refractivity contribution in [1.82, 2.24) is 0 Å². The van der Waals surface area contributed by atoms with Crippen LogP contribution >= 0.6 is 11.8 Å². The fourth-order valence-electron chi connectivity index (χ4n) is 1.16. The Morgan fingerprint density at radius 1 is 1.50 bits per heavy atom. The molecule has 0 saturated heterocycles. The van der Waals surface area contributed by atoms with E-state index in [0.717, 1.165) is 23.7 Å². The van der Waals surface area contributed by atoms with Crippen LogP contribution in [0.5, 0.6) is 0 Å². The summed E-state index contributed by atoms with van der Waals surface area (Å²) in [6.45, 7) is 0.821. The average Bonchev–Trinajstić information content (AvgIpc) is 2.31. The number of hydrogen-bond donors (Lipinski definition) is 2. The largest absolute Gasteiger partial charge is 0.398 e. The van der Waals surface area contributed by atoms with Crippen LogP contribution in [0.15, 0.2) is 18.2 Å². The quantitative estimate of drug-likeness (QED) is 0.462. The van der Waals surface area contributed by atoms with E-state index in [2.05, 4.69) is 11.2 Å². The minimum absolute atomic E-state index is 0.501. The van der Waals surface area contributed by atoms with Crippen molar-refractivity contribution < 1.29 is 0 Å². The summed E-state index contributed by atoms with van der Waals surface area (Å²) in [5.41, 5.74) is 7.54. The van der Waals surface area contributed by atoms with Crippen LogP contribution in [0.3, 0.4) is 0 Å². The number of terminal acetylenes is 1. The first-order chi connectivity index (χ1) is 7.77. The molecule has 0 saturated carbocycles. The Kier molecular flexibility index (Phi) is 5.11. The first kappa shape index (κ1) is 12.3. The lowest BCUT2D eigenvalue weighted by molar-refractivity contribution is 1.23. The number of thioether (sulfide) groups is 1. The van der Waals surface area contributed by atoms with Crippen molar-refractivity contribution in [3.8, 4) is 18.4 Å². The smallest absolute Gasteiger partial charge is 0.101 e. The Labute approximate surface area is 100 Å². The van der Waals surface area contributed by atoms with Gasteiger partial charge in [-0.15, -0.1) is 18.2 Å². The third kappa shape index (κ3) is 3.76. The molecule has 0 radical (unpaired) electrons. The van der Waals surface area contributed by atoms with Crippen molar-refractivity contribution in [2.45, 2.75) is 0 Å². The molecular formula is C12H13N3S. The maximum absolute atomic E-state index is 8.80. The summed E-state index contributed by atoms with van der Waals surface area (Å²) in [4.78, 5) is 0. The van der Waals surface area contributed by atoms with Gasteiger partial charge in [-0.1, -0.05) is 5.92 Å². The molecule has 0 fully saturated rings. The molecule has 0 aliphatic rings. The Morgan fingerprint density at radius 3 is 3.00 bits per heavy atom. The van der Waals surface area contributed by atoms with E-state index >= 15 is 0 Å². The maximum Gasteiger partial charge on any atom is 0.101 e. The lowest BCUT2D eigenvalue weighted by Gasteiger charge is -2.06. The summed E-state index contributed by atoms with van der Waals surface area (Å²) < 4.78 is 0. The van der Waals surface area contributed by atoms with E-state index in [-0.39, 0.29) is 0 Å². The number of nitrogen functional groups attached to an aromatic ring is 1. The highest BCUT2D eigenvalue weighted by Gasteiger charge is 1.99. The second-order valence-corrected chi connectivity index (χ2v) is 4.20. The van der Waals surface area contributed by atoms with Gasteiger partial charge in [0.1, 0.15) is 6.07 Å². The van der Waals surface area contributed by atoms with Gasteiger partial charge in [0, 0.05) is 23.7 Å². The number of anilines is 2. The second kappa shape index (κ2) is 6.66. The zero-order valence-electron chi connectivity index (χ0n) is 8.86. The number of benzene rings is 1. The second-order valence-electron chi connectivity index (χ2n) is 3.10. The number of hydrogen-bond acceptors (Lipinski definition) is 4. The van der Waals surface area contributed by atoms with Crippen LogP contribution in [0.25, 0.3) is 0 Å². The van der Waals surface area contributed by atoms with E-state index in [9.17, 15) is 0 Å². The fourth-order valence-corrected chi connectivity index (χ4v) is 1.67. The van der Waals surface area contributed by atoms with Gasteiger partial charge < -0.3 is 11.1 Å². The van der Waals surface area contributed by atoms with Crippen LogP contribution < -0.4 is 11.1 Å². The SMILES string of the molecule is C#CCSCCNc1ccc(N)c(C#N)c1. The summed E-state index contributed by atoms with van der Waals surface area (Å²) in [7, 11) is 0. The molecule has 0 bridgehead atoms. The molecule has 0 heterocycles. The van der Waals surface area contributed by atoms with E-state index < -0.39 is 0 Å². The van der Waals surface area contributed by atoms with Crippen molar-refractivity contribution in [2.24, 2.45) is 0 Å². The topological polar surface area (TPSA) is 61.8 Å². The van der Waals surface area contributed by atoms with Gasteiger partial charge in [-0.2, -0.15) is 5.26 Å². The first-order valence-electron chi connectivity index (χ1n) is 4.82. The Bertz CT molecular complexity index is 429. The van der Waals surface area contributed by atoms with E-state index in [1.807, 2.05) is 12.1 Å². The molecule has 0 amide bonds. The highest BCUT2D eigenvalue weighted by Crippen LogP contribution is 2.16. The monoisotopic (exact) mass is 231 g/mol. The maximum atomic E-state index is 8.80. The molecule has 0 unspecified atom stereocenters. The lowest BCUT2D eigenvalue weighted by Crippen LogP contribution is -2.05. The van der Waals surface area contributed by atoms with Crippen LogP contribution in [0.1, 0.15) is 5.56 Å². The highest BCUT2D eigenvalue weighted by atomic mass is 32.2. The summed E-state index contributed by atoms with van der Waals surface area (Å²) in [5, 5.41) is 12.0. The molecule has 0 aliphatic carbocycles. The van der Waals surface area contributed by atoms with Crippen LogP contribution in [-0.4, -0.2) is 18.1 Å². The Morgan fingerprint density at radius 2 is 2.31 bits per heavy atom. The van der Waals surface area contributed by atoms with E-state index in [1.165, 1.54) is 0 Å². The van der Waals surface area contributed by atoms with E-state index in [0.29, 0.717) is 11.3 Å². The standard InChI is InChI=1S/C12H13N3S/c1-2-6-16-7-5-15-11-3-4-12(14)10(8-11)9-13/h1,3-4,8,15H,5-7,14H2. The molecule has 0 atom stereocenters. The Balaban J connectivity index is 2.44. The van der Waals surface area contributed by atoms with Crippen LogP contribution in [0.2, 0.25) is 0 Å². The van der Waals surface area contributed by atoms with Gasteiger partial charge in [-0.25, -0.2) is 0 Å². The van der Waals surface area contributed by atoms with Crippen molar-refractivity contribution in [2.75, 3.05) is 29.1 Å². The molecule has 16 heavy (non-hydrogen) atoms. The summed E-state index contributed by atoms with van der Waals surface area (Å²) in [6.07, 6.45) is 5.14. The minimum Gasteiger partial charge on any atom is -0.398 e. The van der Waals surface area contributed by atoms with Gasteiger partial charge in [0.05, 0.1) is 11.3 Å². The van der Waals surface area contributed by atoms with Gasteiger partial charge in [-0.3, -0.25) is 0 Å². The third-order valence-corrected chi connectivity index (χ3v) is 2.80. The van der Waals surface area contributed by atoms with Crippen molar-refractivity contribution in [1.29, 1.82) is 5.26 Å². The zero-order valence-corrected chi connectivity index (χ0v) is 9.68. The molecule has 0 spiro atoms. The van der Waals surface area contributed by atoms with E-state index in [1.54, 1.807) is 23.9 Å². The molecular weight excluding hydrogens is 218 g/mol. The number of nitrogens with zero attached hydrogens (tertiary/aromatic N) is 1. The van der Waals surface area contributed by atoms with Gasteiger partial charge in [0.15, 0.2) is 0 Å². The van der Waals surface area contributed by atoms with Crippen molar-refractivity contribution in [3.63, 3.8) is 0 Å². The fraction of sp³-hybridized carbons (Fsp3) is 0.250. The van der Waals surface area contributed by atoms with Gasteiger partial charge >= 0.3 is 0 Å². The zero-order chi connectivity index (χ0) is 11.8. The molecule has 3 N–H and O–H groups in total. The van der Waals surface area contributed by atoms with Crippen LogP contribution in [-0.2, 0) is 0 Å².